The van der Waals surface area contributed by atoms with Crippen molar-refractivity contribution in [3.63, 3.8) is 0 Å². The number of carbonyl (C=O) groups is 1. The second kappa shape index (κ2) is 9.91. The van der Waals surface area contributed by atoms with Crippen molar-refractivity contribution in [2.75, 3.05) is 16.8 Å². The van der Waals surface area contributed by atoms with Gasteiger partial charge in [-0.2, -0.15) is 9.65 Å². The number of amidine groups is 1. The van der Waals surface area contributed by atoms with Gasteiger partial charge in [0.25, 0.3) is 5.91 Å². The predicted octanol–water partition coefficient (Wildman–Crippen LogP) is 3.23. The number of amides is 1. The maximum absolute atomic E-state index is 13.4. The van der Waals surface area contributed by atoms with Crippen LogP contribution < -0.4 is 21.3 Å². The van der Waals surface area contributed by atoms with Crippen molar-refractivity contribution >= 4 is 23.1 Å². The topological polar surface area (TPSA) is 131 Å². The number of primary amides is 1. The maximum Gasteiger partial charge on any atom is 0.253 e. The lowest BCUT2D eigenvalue weighted by molar-refractivity contribution is -0.114. The van der Waals surface area contributed by atoms with E-state index in [2.05, 4.69) is 50.9 Å². The summed E-state index contributed by atoms with van der Waals surface area (Å²) in [6.07, 6.45) is 7.33. The molecule has 0 unspecified atom stereocenters. The second-order valence-electron chi connectivity index (χ2n) is 8.85. The van der Waals surface area contributed by atoms with Crippen LogP contribution in [0.5, 0.6) is 0 Å². The van der Waals surface area contributed by atoms with Crippen molar-refractivity contribution in [1.82, 2.24) is 10.3 Å². The van der Waals surface area contributed by atoms with E-state index >= 15 is 0 Å². The van der Waals surface area contributed by atoms with E-state index in [1.165, 1.54) is 29.7 Å². The quantitative estimate of drug-likeness (QED) is 0.217. The van der Waals surface area contributed by atoms with Crippen LogP contribution in [0, 0.1) is 22.7 Å². The van der Waals surface area contributed by atoms with Crippen LogP contribution >= 0.6 is 0 Å². The highest BCUT2D eigenvalue weighted by Crippen LogP contribution is 2.38. The molecule has 176 valence electrons. The molecule has 1 aliphatic heterocycles. The van der Waals surface area contributed by atoms with Gasteiger partial charge in [-0.05, 0) is 49.8 Å². The number of benzene rings is 1. The summed E-state index contributed by atoms with van der Waals surface area (Å²) in [6, 6.07) is 13.8. The molecule has 9 heteroatoms. The first kappa shape index (κ1) is 23.2. The molecule has 0 radical (unpaired) electrons. The molecule has 1 amide bonds. The van der Waals surface area contributed by atoms with E-state index in [-0.39, 0.29) is 23.5 Å². The molecular weight excluding hydrogens is 433 g/mol. The molecule has 2 heterocycles. The van der Waals surface area contributed by atoms with Crippen molar-refractivity contribution < 1.29 is 9.18 Å². The first-order valence-corrected chi connectivity index (χ1v) is 11.4. The van der Waals surface area contributed by atoms with E-state index < -0.39 is 17.4 Å². The summed E-state index contributed by atoms with van der Waals surface area (Å²) in [4.78, 5) is 18.0. The Hall–Kier alpha value is -3.93. The highest BCUT2D eigenvalue weighted by atomic mass is 19.1. The molecule has 0 spiro atoms. The number of nitriles is 1. The number of hydrogen-bond acceptors (Lipinski definition) is 6. The van der Waals surface area contributed by atoms with Crippen molar-refractivity contribution in [2.45, 2.75) is 50.1 Å². The van der Waals surface area contributed by atoms with Gasteiger partial charge in [-0.1, -0.05) is 18.2 Å². The van der Waals surface area contributed by atoms with Gasteiger partial charge in [0.1, 0.15) is 5.84 Å². The molecule has 4 rings (SSSR count). The summed E-state index contributed by atoms with van der Waals surface area (Å²) >= 11 is 0. The summed E-state index contributed by atoms with van der Waals surface area (Å²) in [5.41, 5.74) is 7.89. The average molecular weight is 462 g/mol. The summed E-state index contributed by atoms with van der Waals surface area (Å²) in [6.45, 7) is 1.01. The number of nitrogens with zero attached hydrogens (tertiary/aromatic N) is 3. The molecule has 1 aromatic heterocycles. The number of halogens is 1. The fraction of sp³-hybridized carbons (Fsp3) is 0.360. The second-order valence-corrected chi connectivity index (χ2v) is 8.85. The number of anilines is 2. The minimum absolute atomic E-state index is 0.0786. The minimum Gasteiger partial charge on any atom is -0.384 e. The third-order valence-electron chi connectivity index (χ3n) is 6.75. The van der Waals surface area contributed by atoms with E-state index in [0.717, 1.165) is 44.7 Å². The zero-order valence-corrected chi connectivity index (χ0v) is 18.9. The Kier molecular flexibility index (Phi) is 6.77. The molecule has 1 aromatic carbocycles. The Labute approximate surface area is 198 Å². The Morgan fingerprint density at radius 1 is 1.35 bits per heavy atom. The van der Waals surface area contributed by atoms with Crippen LogP contribution in [0.4, 0.5) is 15.8 Å². The molecule has 1 saturated carbocycles. The van der Waals surface area contributed by atoms with Crippen LogP contribution in [0.1, 0.15) is 37.7 Å². The van der Waals surface area contributed by atoms with E-state index in [1.54, 1.807) is 0 Å². The number of nitrogens with one attached hydrogen (secondary N) is 3. The van der Waals surface area contributed by atoms with Crippen LogP contribution in [-0.4, -0.2) is 34.9 Å². The molecule has 2 aliphatic rings. The van der Waals surface area contributed by atoms with Gasteiger partial charge >= 0.3 is 0 Å². The van der Waals surface area contributed by atoms with Crippen molar-refractivity contribution in [3.8, 4) is 6.07 Å². The first-order valence-electron chi connectivity index (χ1n) is 11.4. The van der Waals surface area contributed by atoms with Gasteiger partial charge in [0.2, 0.25) is 5.95 Å². The van der Waals surface area contributed by atoms with E-state index in [4.69, 9.17) is 11.1 Å². The molecular formula is C25H28FN7O. The normalized spacial score (nSPS) is 21.9. The third-order valence-corrected chi connectivity index (χ3v) is 6.75. The lowest BCUT2D eigenvalue weighted by atomic mass is 9.77. The lowest BCUT2D eigenvalue weighted by Gasteiger charge is -2.43. The minimum atomic E-state index is -0.797. The SMILES string of the molecule is N#CCC1(N/C=C(\C(=N)Nc2ccnc(F)c2)C(N)=O)CCC(N2CCc3ccccc32)CC1. The summed E-state index contributed by atoms with van der Waals surface area (Å²) in [5.74, 6) is -1.76. The smallest absolute Gasteiger partial charge is 0.253 e. The largest absolute Gasteiger partial charge is 0.384 e. The molecule has 0 saturated heterocycles. The Morgan fingerprint density at radius 2 is 2.12 bits per heavy atom. The number of fused-ring (bicyclic) bond motifs is 1. The van der Waals surface area contributed by atoms with Crippen molar-refractivity contribution in [1.29, 1.82) is 10.7 Å². The number of nitrogens with two attached hydrogens (primary N) is 1. The van der Waals surface area contributed by atoms with E-state index in [9.17, 15) is 14.4 Å². The number of para-hydroxylation sites is 1. The van der Waals surface area contributed by atoms with Crippen LogP contribution in [0.25, 0.3) is 0 Å². The molecule has 34 heavy (non-hydrogen) atoms. The van der Waals surface area contributed by atoms with Crippen LogP contribution in [0.15, 0.2) is 54.4 Å². The highest BCUT2D eigenvalue weighted by Gasteiger charge is 2.38. The van der Waals surface area contributed by atoms with E-state index in [0.29, 0.717) is 6.04 Å². The summed E-state index contributed by atoms with van der Waals surface area (Å²) in [5, 5.41) is 23.7. The van der Waals surface area contributed by atoms with Crippen molar-refractivity contribution in [2.24, 2.45) is 5.73 Å². The van der Waals surface area contributed by atoms with Gasteiger partial charge in [-0.3, -0.25) is 10.2 Å². The molecule has 2 aromatic rings. The standard InChI is InChI=1S/C25H28FN7O/c26-22-15-18(7-13-30-22)32-23(28)20(24(29)34)16-31-25(11-12-27)9-5-19(6-10-25)33-14-8-17-3-1-2-4-21(17)33/h1-4,7,13,15-16,19,31H,5-6,8-11,14H2,(H2,29,34)(H2,28,30,32)/b20-16+. The lowest BCUT2D eigenvalue weighted by Crippen LogP contribution is -2.50. The van der Waals surface area contributed by atoms with Crippen molar-refractivity contribution in [3.05, 3.63) is 65.9 Å². The first-order chi connectivity index (χ1) is 16.4. The summed E-state index contributed by atoms with van der Waals surface area (Å²) < 4.78 is 13.4. The molecule has 8 nitrogen and oxygen atoms in total. The predicted molar refractivity (Wildman–Crippen MR) is 129 cm³/mol. The number of pyridine rings is 1. The van der Waals surface area contributed by atoms with Crippen LogP contribution in [0.2, 0.25) is 0 Å². The fourth-order valence-corrected chi connectivity index (χ4v) is 4.92. The van der Waals surface area contributed by atoms with E-state index in [1.807, 2.05) is 0 Å². The molecule has 1 aliphatic carbocycles. The number of carbonyl (C=O) groups excluding carboxylic acids is 1. The number of hydrogen-bond donors (Lipinski definition) is 4. The molecule has 1 fully saturated rings. The Bertz CT molecular complexity index is 1150. The Balaban J connectivity index is 1.45. The van der Waals surface area contributed by atoms with Gasteiger partial charge in [-0.15, -0.1) is 0 Å². The molecule has 0 bridgehead atoms. The van der Waals surface area contributed by atoms with Gasteiger partial charge in [0, 0.05) is 48.0 Å². The highest BCUT2D eigenvalue weighted by molar-refractivity contribution is 6.23. The van der Waals surface area contributed by atoms with Gasteiger partial charge in [0.05, 0.1) is 18.1 Å². The zero-order valence-electron chi connectivity index (χ0n) is 18.9. The molecule has 5 N–H and O–H groups in total. The fourth-order valence-electron chi connectivity index (χ4n) is 4.92. The monoisotopic (exact) mass is 461 g/mol. The van der Waals surface area contributed by atoms with Crippen LogP contribution in [0.3, 0.4) is 0 Å². The zero-order chi connectivity index (χ0) is 24.1. The van der Waals surface area contributed by atoms with Crippen LogP contribution in [-0.2, 0) is 11.2 Å². The maximum atomic E-state index is 13.4. The number of rotatable bonds is 7. The third kappa shape index (κ3) is 5.01. The van der Waals surface area contributed by atoms with Gasteiger partial charge in [-0.25, -0.2) is 4.98 Å². The molecule has 0 atom stereocenters. The summed E-state index contributed by atoms with van der Waals surface area (Å²) in [7, 11) is 0. The Morgan fingerprint density at radius 3 is 2.82 bits per heavy atom. The van der Waals surface area contributed by atoms with Gasteiger partial charge < -0.3 is 21.3 Å². The van der Waals surface area contributed by atoms with Gasteiger partial charge in [0.15, 0.2) is 0 Å². The number of aromatic nitrogens is 1. The average Bonchev–Trinajstić information content (AvgIpc) is 3.24.